The van der Waals surface area contributed by atoms with E-state index in [9.17, 15) is 0 Å². The van der Waals surface area contributed by atoms with E-state index in [2.05, 4.69) is 78.5 Å². The minimum absolute atomic E-state index is 0. The molecule has 0 saturated heterocycles. The maximum Gasteiger partial charge on any atom is 4.00 e. The van der Waals surface area contributed by atoms with Crippen molar-refractivity contribution in [3.8, 4) is 0 Å². The number of hydrogen-bond donors (Lipinski definition) is 0. The van der Waals surface area contributed by atoms with Gasteiger partial charge < -0.3 is 37.2 Å². The Morgan fingerprint density at radius 3 is 1.92 bits per heavy atom. The number of benzene rings is 1. The van der Waals surface area contributed by atoms with Crippen LogP contribution in [0.2, 0.25) is 19.6 Å². The van der Waals surface area contributed by atoms with Crippen LogP contribution < -0.4 is 37.2 Å². The van der Waals surface area contributed by atoms with E-state index in [1.54, 1.807) is 0 Å². The molecular weight excluding hydrogens is 423 g/mol. The van der Waals surface area contributed by atoms with Gasteiger partial charge in [0.2, 0.25) is 0 Å². The first-order valence-corrected chi connectivity index (χ1v) is 11.5. The zero-order chi connectivity index (χ0) is 16.0. The Morgan fingerprint density at radius 1 is 0.960 bits per heavy atom. The van der Waals surface area contributed by atoms with Crippen LogP contribution in [0.15, 0.2) is 29.0 Å². The van der Waals surface area contributed by atoms with Crippen molar-refractivity contribution < 1.29 is 58.9 Å². The molecule has 1 aromatic carbocycles. The van der Waals surface area contributed by atoms with E-state index in [0.717, 1.165) is 6.42 Å². The third-order valence-electron chi connectivity index (χ3n) is 4.84. The summed E-state index contributed by atoms with van der Waals surface area (Å²) in [5.41, 5.74) is 7.17. The molecule has 0 radical (unpaired) electrons. The average molecular weight is 452 g/mol. The second kappa shape index (κ2) is 10.7. The summed E-state index contributed by atoms with van der Waals surface area (Å²) in [5.74, 6) is 0. The largest absolute Gasteiger partial charge is 4.00 e. The second-order valence-electron chi connectivity index (χ2n) is 8.05. The molecule has 5 heteroatoms. The zero-order valence-corrected chi connectivity index (χ0v) is 21.4. The summed E-state index contributed by atoms with van der Waals surface area (Å²) in [6.07, 6.45) is 7.26. The molecule has 1 aliphatic rings. The van der Waals surface area contributed by atoms with Crippen molar-refractivity contribution >= 4 is 8.07 Å². The minimum Gasteiger partial charge on any atom is -1.00 e. The van der Waals surface area contributed by atoms with E-state index in [0.29, 0.717) is 0 Å². The fraction of sp³-hybridized carbons (Fsp3) is 0.500. The molecule has 1 aromatic rings. The Balaban J connectivity index is -0.00000121. The molecule has 0 spiro atoms. The van der Waals surface area contributed by atoms with Gasteiger partial charge in [0.15, 0.2) is 0 Å². The first-order valence-electron chi connectivity index (χ1n) is 7.96. The molecule has 0 aliphatic heterocycles. The molecule has 2 rings (SSSR count). The first kappa shape index (κ1) is 30.2. The standard InChI is InChI=1S/C20H29Si.3ClH.Ti/c1-14-11-15(2)16(3)19(12-14)20(4,5)17-9-10-18(13-17)21(6,7)8;;;;/h10-12H,9H2,1-8H3;3*1H;/q-1;;;;+4/p-3. The zero-order valence-electron chi connectivity index (χ0n) is 16.6. The van der Waals surface area contributed by atoms with Crippen LogP contribution in [0.5, 0.6) is 0 Å². The monoisotopic (exact) mass is 450 g/mol. The molecule has 0 saturated carbocycles. The topological polar surface area (TPSA) is 0 Å². The third kappa shape index (κ3) is 6.56. The van der Waals surface area contributed by atoms with Crippen LogP contribution in [-0.2, 0) is 27.1 Å². The van der Waals surface area contributed by atoms with E-state index < -0.39 is 8.07 Å². The van der Waals surface area contributed by atoms with Crippen molar-refractivity contribution in [3.05, 3.63) is 57.3 Å². The second-order valence-corrected chi connectivity index (χ2v) is 13.1. The predicted molar refractivity (Wildman–Crippen MR) is 96.5 cm³/mol. The summed E-state index contributed by atoms with van der Waals surface area (Å²) >= 11 is 0. The van der Waals surface area contributed by atoms with E-state index in [1.807, 2.05) is 0 Å². The molecule has 0 fully saturated rings. The molecular formula is C20H29Cl3SiTi. The molecule has 138 valence electrons. The van der Waals surface area contributed by atoms with Crippen molar-refractivity contribution in [2.45, 2.75) is 66.1 Å². The summed E-state index contributed by atoms with van der Waals surface area (Å²) in [4.78, 5) is 0. The Labute approximate surface area is 189 Å². The molecule has 0 nitrogen and oxygen atoms in total. The van der Waals surface area contributed by atoms with Crippen LogP contribution in [-0.4, -0.2) is 8.07 Å². The van der Waals surface area contributed by atoms with Crippen molar-refractivity contribution in [1.29, 1.82) is 0 Å². The normalized spacial score (nSPS) is 13.4. The average Bonchev–Trinajstić information content (AvgIpc) is 2.83. The quantitative estimate of drug-likeness (QED) is 0.336. The fourth-order valence-corrected chi connectivity index (χ4v) is 4.47. The van der Waals surface area contributed by atoms with Gasteiger partial charge in [-0.2, -0.15) is 5.57 Å². The SMILES string of the molecule is Cc1cc(C)c(C)c(C(C)(C)C2=[C-]C([Si](C)(C)C)=CC2)c1.[Cl-].[Cl-].[Cl-].[Ti+4]. The van der Waals surface area contributed by atoms with Gasteiger partial charge >= 0.3 is 21.7 Å². The molecule has 25 heavy (non-hydrogen) atoms. The van der Waals surface area contributed by atoms with E-state index in [4.69, 9.17) is 0 Å². The van der Waals surface area contributed by atoms with Gasteiger partial charge in [0.05, 0.1) is 0 Å². The summed E-state index contributed by atoms with van der Waals surface area (Å²) < 4.78 is 0. The molecule has 0 bridgehead atoms. The Hall–Kier alpha value is 0.501. The predicted octanol–water partition coefficient (Wildman–Crippen LogP) is -3.16. The number of allylic oxidation sites excluding steroid dienone is 4. The smallest absolute Gasteiger partial charge is 1.00 e. The van der Waals surface area contributed by atoms with Gasteiger partial charge in [-0.1, -0.05) is 57.6 Å². The Bertz CT molecular complexity index is 641. The summed E-state index contributed by atoms with van der Waals surface area (Å²) in [5, 5.41) is 1.49. The molecule has 0 aromatic heterocycles. The van der Waals surface area contributed by atoms with Gasteiger partial charge in [-0.15, -0.1) is 0 Å². The summed E-state index contributed by atoms with van der Waals surface area (Å²) in [6.45, 7) is 18.6. The van der Waals surface area contributed by atoms with E-state index in [-0.39, 0.29) is 64.4 Å². The Kier molecular flexibility index (Phi) is 13.0. The minimum atomic E-state index is -1.25. The van der Waals surface area contributed by atoms with Gasteiger partial charge in [0.25, 0.3) is 0 Å². The number of aryl methyl sites for hydroxylation is 2. The molecule has 1 aliphatic carbocycles. The van der Waals surface area contributed by atoms with Crippen LogP contribution in [0.4, 0.5) is 0 Å². The van der Waals surface area contributed by atoms with Gasteiger partial charge in [0, 0.05) is 8.07 Å². The van der Waals surface area contributed by atoms with Crippen molar-refractivity contribution in [2.24, 2.45) is 0 Å². The van der Waals surface area contributed by atoms with Gasteiger partial charge in [-0.25, -0.2) is 11.3 Å². The number of rotatable bonds is 3. The van der Waals surface area contributed by atoms with Crippen LogP contribution in [0, 0.1) is 26.8 Å². The molecule has 0 unspecified atom stereocenters. The Morgan fingerprint density at radius 2 is 1.48 bits per heavy atom. The van der Waals surface area contributed by atoms with E-state index in [1.165, 1.54) is 33.0 Å². The third-order valence-corrected chi connectivity index (χ3v) is 6.79. The van der Waals surface area contributed by atoms with Gasteiger partial charge in [-0.05, 0) is 42.9 Å². The fourth-order valence-electron chi connectivity index (χ4n) is 3.23. The van der Waals surface area contributed by atoms with Crippen molar-refractivity contribution in [1.82, 2.24) is 0 Å². The van der Waals surface area contributed by atoms with Crippen molar-refractivity contribution in [3.63, 3.8) is 0 Å². The number of hydrogen-bond acceptors (Lipinski definition) is 0. The summed E-state index contributed by atoms with van der Waals surface area (Å²) in [6, 6.07) is 4.65. The van der Waals surface area contributed by atoms with Crippen LogP contribution in [0.3, 0.4) is 0 Å². The molecule has 0 heterocycles. The van der Waals surface area contributed by atoms with Crippen LogP contribution in [0.1, 0.15) is 42.5 Å². The molecule has 0 amide bonds. The maximum absolute atomic E-state index is 3.78. The van der Waals surface area contributed by atoms with Crippen molar-refractivity contribution in [2.75, 3.05) is 0 Å². The summed E-state index contributed by atoms with van der Waals surface area (Å²) in [7, 11) is -1.25. The molecule has 0 N–H and O–H groups in total. The molecule has 0 atom stereocenters. The maximum atomic E-state index is 3.78. The van der Waals surface area contributed by atoms with Gasteiger partial charge in [0.1, 0.15) is 0 Å². The van der Waals surface area contributed by atoms with Crippen LogP contribution in [0.25, 0.3) is 0 Å². The first-order chi connectivity index (χ1) is 9.53. The van der Waals surface area contributed by atoms with Crippen LogP contribution >= 0.6 is 0 Å². The number of halogens is 3. The van der Waals surface area contributed by atoms with Gasteiger partial charge in [-0.3, -0.25) is 6.08 Å². The van der Waals surface area contributed by atoms with E-state index >= 15 is 0 Å².